The summed E-state index contributed by atoms with van der Waals surface area (Å²) in [5.74, 6) is 0.825. The van der Waals surface area contributed by atoms with Crippen LogP contribution in [0.1, 0.15) is 31.2 Å². The van der Waals surface area contributed by atoms with Gasteiger partial charge in [0.25, 0.3) is 0 Å². The highest BCUT2D eigenvalue weighted by Crippen LogP contribution is 2.33. The molecule has 2 aliphatic heterocycles. The monoisotopic (exact) mass is 475 g/mol. The van der Waals surface area contributed by atoms with Crippen LogP contribution in [-0.4, -0.2) is 64.0 Å². The predicted octanol–water partition coefficient (Wildman–Crippen LogP) is 2.91. The lowest BCUT2D eigenvalue weighted by Crippen LogP contribution is -2.57. The average Bonchev–Trinajstić information content (AvgIpc) is 2.81. The average molecular weight is 476 g/mol. The van der Waals surface area contributed by atoms with Crippen molar-refractivity contribution in [2.75, 3.05) is 20.0 Å². The molecule has 2 aliphatic rings. The Balaban J connectivity index is 1.42. The van der Waals surface area contributed by atoms with Gasteiger partial charge in [0.15, 0.2) is 0 Å². The van der Waals surface area contributed by atoms with Gasteiger partial charge in [-0.1, -0.05) is 36.4 Å². The standard InChI is InChI=1S/C25H33NO6S/c1-30-20-5-3-4-19(14-20)18-9-6-17(7-10-18)8-12-23-22(26-33(2,28)29)15-25-24(32-23)13-11-21(16-27)31-25/h3-7,9-10,14,21-27H,8,11-13,15-16H2,1-2H3/t21-,22-,23+,24-,25-/m0/s1. The molecular formula is C25H33NO6S. The quantitative estimate of drug-likeness (QED) is 0.610. The first-order valence-electron chi connectivity index (χ1n) is 11.5. The molecule has 5 atom stereocenters. The van der Waals surface area contributed by atoms with Gasteiger partial charge in [0.1, 0.15) is 5.75 Å². The highest BCUT2D eigenvalue weighted by molar-refractivity contribution is 7.88. The molecule has 0 amide bonds. The Morgan fingerprint density at radius 1 is 1.06 bits per heavy atom. The fraction of sp³-hybridized carbons (Fsp3) is 0.520. The molecule has 7 nitrogen and oxygen atoms in total. The first-order valence-corrected chi connectivity index (χ1v) is 13.4. The van der Waals surface area contributed by atoms with Gasteiger partial charge in [0, 0.05) is 0 Å². The minimum atomic E-state index is -3.38. The van der Waals surface area contributed by atoms with E-state index < -0.39 is 10.0 Å². The number of hydrogen-bond acceptors (Lipinski definition) is 6. The minimum absolute atomic E-state index is 0.0252. The number of hydrogen-bond donors (Lipinski definition) is 2. The first kappa shape index (κ1) is 24.2. The number of nitrogens with one attached hydrogen (secondary N) is 1. The Bertz CT molecular complexity index is 1030. The van der Waals surface area contributed by atoms with Crippen LogP contribution in [0.15, 0.2) is 48.5 Å². The van der Waals surface area contributed by atoms with Crippen molar-refractivity contribution in [3.8, 4) is 16.9 Å². The first-order chi connectivity index (χ1) is 15.8. The maximum atomic E-state index is 12.0. The number of methoxy groups -OCH3 is 1. The van der Waals surface area contributed by atoms with Gasteiger partial charge in [-0.05, 0) is 60.9 Å². The Hall–Kier alpha value is -1.97. The van der Waals surface area contributed by atoms with Crippen LogP contribution in [0.5, 0.6) is 5.75 Å². The molecule has 2 aromatic carbocycles. The molecule has 180 valence electrons. The Morgan fingerprint density at radius 3 is 2.55 bits per heavy atom. The lowest BCUT2D eigenvalue weighted by atomic mass is 9.88. The van der Waals surface area contributed by atoms with Crippen molar-refractivity contribution in [3.63, 3.8) is 0 Å². The number of sulfonamides is 1. The summed E-state index contributed by atoms with van der Waals surface area (Å²) in [6, 6.07) is 16.0. The Labute approximate surface area is 196 Å². The molecule has 8 heteroatoms. The van der Waals surface area contributed by atoms with Crippen molar-refractivity contribution in [3.05, 3.63) is 54.1 Å². The molecule has 0 saturated carbocycles. The van der Waals surface area contributed by atoms with Crippen molar-refractivity contribution in [1.29, 1.82) is 0 Å². The molecule has 4 rings (SSSR count). The van der Waals surface area contributed by atoms with Crippen LogP contribution < -0.4 is 9.46 Å². The van der Waals surface area contributed by atoms with E-state index in [1.54, 1.807) is 7.11 Å². The summed E-state index contributed by atoms with van der Waals surface area (Å²) in [6.07, 6.45) is 4.08. The topological polar surface area (TPSA) is 94.1 Å². The van der Waals surface area contributed by atoms with Crippen molar-refractivity contribution in [2.45, 2.75) is 62.6 Å². The number of aryl methyl sites for hydroxylation is 1. The van der Waals surface area contributed by atoms with Gasteiger partial charge < -0.3 is 19.3 Å². The highest BCUT2D eigenvalue weighted by atomic mass is 32.2. The maximum absolute atomic E-state index is 12.0. The van der Waals surface area contributed by atoms with Crippen LogP contribution in [-0.2, 0) is 25.9 Å². The molecule has 0 aliphatic carbocycles. The largest absolute Gasteiger partial charge is 0.497 e. The van der Waals surface area contributed by atoms with E-state index in [-0.39, 0.29) is 37.1 Å². The van der Waals surface area contributed by atoms with E-state index in [0.717, 1.165) is 36.1 Å². The fourth-order valence-corrected chi connectivity index (χ4v) is 5.60. The maximum Gasteiger partial charge on any atom is 0.209 e. The molecule has 0 aromatic heterocycles. The van der Waals surface area contributed by atoms with Crippen molar-refractivity contribution >= 4 is 10.0 Å². The zero-order valence-electron chi connectivity index (χ0n) is 19.1. The summed E-state index contributed by atoms with van der Waals surface area (Å²) in [7, 11) is -1.72. The van der Waals surface area contributed by atoms with Gasteiger partial charge in [0.05, 0.1) is 50.4 Å². The minimum Gasteiger partial charge on any atom is -0.497 e. The van der Waals surface area contributed by atoms with E-state index in [9.17, 15) is 13.5 Å². The third kappa shape index (κ3) is 6.33. The molecular weight excluding hydrogens is 442 g/mol. The molecule has 2 aromatic rings. The number of aliphatic hydroxyl groups excluding tert-OH is 1. The summed E-state index contributed by atoms with van der Waals surface area (Å²) < 4.78 is 44.3. The summed E-state index contributed by atoms with van der Waals surface area (Å²) >= 11 is 0. The van der Waals surface area contributed by atoms with Gasteiger partial charge in [0.2, 0.25) is 10.0 Å². The number of rotatable bonds is 8. The third-order valence-electron chi connectivity index (χ3n) is 6.48. The molecule has 33 heavy (non-hydrogen) atoms. The summed E-state index contributed by atoms with van der Waals surface area (Å²) in [5.41, 5.74) is 3.38. The van der Waals surface area contributed by atoms with Crippen LogP contribution in [0, 0.1) is 0 Å². The van der Waals surface area contributed by atoms with E-state index in [1.165, 1.54) is 11.8 Å². The smallest absolute Gasteiger partial charge is 0.209 e. The van der Waals surface area contributed by atoms with Crippen molar-refractivity contribution < 1.29 is 27.7 Å². The van der Waals surface area contributed by atoms with Gasteiger partial charge >= 0.3 is 0 Å². The molecule has 0 spiro atoms. The zero-order chi connectivity index (χ0) is 23.4. The molecule has 2 saturated heterocycles. The Kier molecular flexibility index (Phi) is 7.71. The van der Waals surface area contributed by atoms with E-state index in [1.807, 2.05) is 18.2 Å². The van der Waals surface area contributed by atoms with E-state index in [0.29, 0.717) is 12.8 Å². The zero-order valence-corrected chi connectivity index (χ0v) is 20.0. The fourth-order valence-electron chi connectivity index (χ4n) is 4.80. The van der Waals surface area contributed by atoms with Gasteiger partial charge in [-0.3, -0.25) is 0 Å². The highest BCUT2D eigenvalue weighted by Gasteiger charge is 2.42. The molecule has 2 fully saturated rings. The van der Waals surface area contributed by atoms with E-state index >= 15 is 0 Å². The van der Waals surface area contributed by atoms with E-state index in [2.05, 4.69) is 35.1 Å². The molecule has 2 N–H and O–H groups in total. The second kappa shape index (κ2) is 10.5. The van der Waals surface area contributed by atoms with Gasteiger partial charge in [-0.2, -0.15) is 0 Å². The lowest BCUT2D eigenvalue weighted by Gasteiger charge is -2.45. The number of aliphatic hydroxyl groups is 1. The molecule has 0 unspecified atom stereocenters. The Morgan fingerprint density at radius 2 is 1.85 bits per heavy atom. The van der Waals surface area contributed by atoms with Crippen LogP contribution in [0.3, 0.4) is 0 Å². The predicted molar refractivity (Wildman–Crippen MR) is 127 cm³/mol. The second-order valence-corrected chi connectivity index (χ2v) is 10.7. The molecule has 0 bridgehead atoms. The van der Waals surface area contributed by atoms with Crippen molar-refractivity contribution in [2.24, 2.45) is 0 Å². The SMILES string of the molecule is COc1cccc(-c2ccc(CC[C@H]3O[C@H]4CC[C@@H](CO)O[C@H]4C[C@@H]3NS(C)(=O)=O)cc2)c1. The van der Waals surface area contributed by atoms with Gasteiger partial charge in [-0.25, -0.2) is 13.1 Å². The van der Waals surface area contributed by atoms with Crippen LogP contribution in [0.2, 0.25) is 0 Å². The van der Waals surface area contributed by atoms with Crippen LogP contribution >= 0.6 is 0 Å². The van der Waals surface area contributed by atoms with Crippen LogP contribution in [0.4, 0.5) is 0 Å². The number of fused-ring (bicyclic) bond motifs is 1. The van der Waals surface area contributed by atoms with Crippen LogP contribution in [0.25, 0.3) is 11.1 Å². The summed E-state index contributed by atoms with van der Waals surface area (Å²) in [5, 5.41) is 9.43. The molecule has 2 heterocycles. The number of ether oxygens (including phenoxy) is 3. The summed E-state index contributed by atoms with van der Waals surface area (Å²) in [4.78, 5) is 0. The van der Waals surface area contributed by atoms with E-state index in [4.69, 9.17) is 14.2 Å². The number of benzene rings is 2. The normalized spacial score (nSPS) is 27.7. The lowest BCUT2D eigenvalue weighted by molar-refractivity contribution is -0.200. The van der Waals surface area contributed by atoms with Gasteiger partial charge in [-0.15, -0.1) is 0 Å². The molecule has 0 radical (unpaired) electrons. The second-order valence-electron chi connectivity index (χ2n) is 8.97. The van der Waals surface area contributed by atoms with Crippen molar-refractivity contribution in [1.82, 2.24) is 4.72 Å². The third-order valence-corrected chi connectivity index (χ3v) is 7.21. The summed E-state index contributed by atoms with van der Waals surface area (Å²) in [6.45, 7) is -0.0252.